The maximum atomic E-state index is 12.8. The summed E-state index contributed by atoms with van der Waals surface area (Å²) >= 11 is 7.34. The van der Waals surface area contributed by atoms with Crippen LogP contribution in [0.5, 0.6) is 0 Å². The Morgan fingerprint density at radius 3 is 2.74 bits per heavy atom. The van der Waals surface area contributed by atoms with Crippen molar-refractivity contribution >= 4 is 34.8 Å². The molecule has 2 atom stereocenters. The number of carbonyl (C=O) groups excluding carboxylic acids is 1. The number of nitrogens with zero attached hydrogens (tertiary/aromatic N) is 4. The molecule has 1 amide bonds. The van der Waals surface area contributed by atoms with Gasteiger partial charge in [0.05, 0.1) is 9.21 Å². The van der Waals surface area contributed by atoms with Gasteiger partial charge in [0.15, 0.2) is 0 Å². The van der Waals surface area contributed by atoms with Crippen molar-refractivity contribution in [2.24, 2.45) is 5.92 Å². The molecule has 2 aromatic rings. The molecule has 5 heterocycles. The highest BCUT2D eigenvalue weighted by Gasteiger charge is 2.38. The second kappa shape index (κ2) is 6.09. The average molecular weight is 349 g/mol. The molecule has 5 rings (SSSR count). The smallest absolute Gasteiger partial charge is 0.264 e. The molecule has 3 aliphatic heterocycles. The van der Waals surface area contributed by atoms with E-state index < -0.39 is 0 Å². The highest BCUT2D eigenvalue weighted by Crippen LogP contribution is 2.32. The zero-order chi connectivity index (χ0) is 15.8. The fraction of sp³-hybridized carbons (Fsp3) is 0.438. The van der Waals surface area contributed by atoms with E-state index in [0.29, 0.717) is 10.3 Å². The van der Waals surface area contributed by atoms with Gasteiger partial charge in [-0.05, 0) is 37.0 Å². The van der Waals surface area contributed by atoms with E-state index in [-0.39, 0.29) is 11.9 Å². The fourth-order valence-electron chi connectivity index (χ4n) is 3.52. The quantitative estimate of drug-likeness (QED) is 0.837. The molecule has 7 heteroatoms. The van der Waals surface area contributed by atoms with Gasteiger partial charge in [0.2, 0.25) is 5.95 Å². The number of aromatic nitrogens is 2. The molecule has 0 saturated carbocycles. The summed E-state index contributed by atoms with van der Waals surface area (Å²) in [5.41, 5.74) is 0. The highest BCUT2D eigenvalue weighted by molar-refractivity contribution is 7.17. The summed E-state index contributed by atoms with van der Waals surface area (Å²) in [7, 11) is 0. The van der Waals surface area contributed by atoms with Gasteiger partial charge in [0.1, 0.15) is 0 Å². The second-order valence-corrected chi connectivity index (χ2v) is 7.83. The average Bonchev–Trinajstić information content (AvgIpc) is 2.82. The van der Waals surface area contributed by atoms with Crippen LogP contribution < -0.4 is 4.90 Å². The van der Waals surface area contributed by atoms with E-state index in [1.165, 1.54) is 11.3 Å². The number of carbonyl (C=O) groups is 1. The van der Waals surface area contributed by atoms with Crippen LogP contribution in [-0.2, 0) is 0 Å². The fourth-order valence-corrected chi connectivity index (χ4v) is 4.52. The normalized spacial score (nSPS) is 23.9. The van der Waals surface area contributed by atoms with Gasteiger partial charge in [-0.3, -0.25) is 4.79 Å². The first kappa shape index (κ1) is 14.9. The highest BCUT2D eigenvalue weighted by atomic mass is 35.5. The topological polar surface area (TPSA) is 49.3 Å². The summed E-state index contributed by atoms with van der Waals surface area (Å²) in [5.74, 6) is 1.34. The lowest BCUT2D eigenvalue weighted by molar-refractivity contribution is 0.0597. The Labute approximate surface area is 143 Å². The molecule has 3 saturated heterocycles. The minimum Gasteiger partial charge on any atom is -0.338 e. The van der Waals surface area contributed by atoms with Crippen LogP contribution in [0.2, 0.25) is 4.34 Å². The van der Waals surface area contributed by atoms with Gasteiger partial charge in [-0.25, -0.2) is 9.97 Å². The lowest BCUT2D eigenvalue weighted by Crippen LogP contribution is -2.47. The Bertz CT molecular complexity index is 707. The molecule has 23 heavy (non-hydrogen) atoms. The number of halogens is 1. The number of thiophene rings is 1. The summed E-state index contributed by atoms with van der Waals surface area (Å²) < 4.78 is 0.660. The Morgan fingerprint density at radius 1 is 1.17 bits per heavy atom. The molecule has 2 unspecified atom stereocenters. The third-order valence-corrected chi connectivity index (χ3v) is 5.81. The van der Waals surface area contributed by atoms with Crippen LogP contribution in [0.15, 0.2) is 30.6 Å². The van der Waals surface area contributed by atoms with Gasteiger partial charge in [0.25, 0.3) is 5.91 Å². The van der Waals surface area contributed by atoms with E-state index >= 15 is 0 Å². The van der Waals surface area contributed by atoms with E-state index in [4.69, 9.17) is 11.6 Å². The van der Waals surface area contributed by atoms with E-state index in [9.17, 15) is 4.79 Å². The standard InChI is InChI=1S/C16H17ClN4OS/c17-14-5-4-13(23-14)15(22)21-9-11-2-3-12(21)10-20(8-11)16-18-6-1-7-19-16/h1,4-7,11-12H,2-3,8-10H2. The van der Waals surface area contributed by atoms with Crippen molar-refractivity contribution in [3.05, 3.63) is 39.8 Å². The number of amides is 1. The van der Waals surface area contributed by atoms with Crippen LogP contribution in [0.1, 0.15) is 22.5 Å². The van der Waals surface area contributed by atoms with Gasteiger partial charge < -0.3 is 9.80 Å². The third-order valence-electron chi connectivity index (χ3n) is 4.59. The van der Waals surface area contributed by atoms with Crippen molar-refractivity contribution in [2.45, 2.75) is 18.9 Å². The van der Waals surface area contributed by atoms with Crippen LogP contribution in [0.4, 0.5) is 5.95 Å². The van der Waals surface area contributed by atoms with Crippen molar-refractivity contribution in [2.75, 3.05) is 24.5 Å². The van der Waals surface area contributed by atoms with Crippen molar-refractivity contribution in [1.29, 1.82) is 0 Å². The molecule has 0 aromatic carbocycles. The first-order chi connectivity index (χ1) is 11.2. The number of anilines is 1. The zero-order valence-electron chi connectivity index (χ0n) is 12.6. The molecular weight excluding hydrogens is 332 g/mol. The van der Waals surface area contributed by atoms with Crippen molar-refractivity contribution < 1.29 is 4.79 Å². The molecule has 2 bridgehead atoms. The van der Waals surface area contributed by atoms with Crippen molar-refractivity contribution in [3.8, 4) is 0 Å². The van der Waals surface area contributed by atoms with Crippen molar-refractivity contribution in [3.63, 3.8) is 0 Å². The molecule has 120 valence electrons. The predicted octanol–water partition coefficient (Wildman–Crippen LogP) is 2.93. The number of fused-ring (bicyclic) bond motifs is 4. The van der Waals surface area contributed by atoms with E-state index in [1.54, 1.807) is 18.5 Å². The second-order valence-electron chi connectivity index (χ2n) is 6.11. The summed E-state index contributed by atoms with van der Waals surface area (Å²) in [6.07, 6.45) is 5.74. The van der Waals surface area contributed by atoms with Gasteiger partial charge in [-0.1, -0.05) is 11.6 Å². The van der Waals surface area contributed by atoms with Gasteiger partial charge in [-0.2, -0.15) is 0 Å². The first-order valence-electron chi connectivity index (χ1n) is 7.79. The van der Waals surface area contributed by atoms with E-state index in [0.717, 1.165) is 43.3 Å². The summed E-state index contributed by atoms with van der Waals surface area (Å²) in [6, 6.07) is 5.66. The molecule has 0 N–H and O–H groups in total. The Morgan fingerprint density at radius 2 is 2.00 bits per heavy atom. The number of piperidine rings is 1. The third kappa shape index (κ3) is 2.93. The van der Waals surface area contributed by atoms with Crippen LogP contribution >= 0.6 is 22.9 Å². The summed E-state index contributed by atoms with van der Waals surface area (Å²) in [5, 5.41) is 0. The van der Waals surface area contributed by atoms with Crippen LogP contribution in [0.3, 0.4) is 0 Å². The molecule has 5 nitrogen and oxygen atoms in total. The van der Waals surface area contributed by atoms with Crippen LogP contribution in [0, 0.1) is 5.92 Å². The number of hydrogen-bond acceptors (Lipinski definition) is 5. The van der Waals surface area contributed by atoms with Gasteiger partial charge in [0, 0.05) is 38.1 Å². The Kier molecular flexibility index (Phi) is 3.95. The van der Waals surface area contributed by atoms with Gasteiger partial charge >= 0.3 is 0 Å². The van der Waals surface area contributed by atoms with E-state index in [1.807, 2.05) is 17.0 Å². The monoisotopic (exact) mass is 348 g/mol. The maximum Gasteiger partial charge on any atom is 0.264 e. The molecular formula is C16H17ClN4OS. The lowest BCUT2D eigenvalue weighted by atomic mass is 9.95. The summed E-state index contributed by atoms with van der Waals surface area (Å²) in [4.78, 5) is 26.5. The van der Waals surface area contributed by atoms with Crippen LogP contribution in [0.25, 0.3) is 0 Å². The number of rotatable bonds is 2. The molecule has 3 aliphatic rings. The molecule has 3 fully saturated rings. The predicted molar refractivity (Wildman–Crippen MR) is 91.1 cm³/mol. The zero-order valence-corrected chi connectivity index (χ0v) is 14.1. The number of hydrogen-bond donors (Lipinski definition) is 0. The molecule has 0 aliphatic carbocycles. The largest absolute Gasteiger partial charge is 0.338 e. The molecule has 2 aromatic heterocycles. The molecule has 0 spiro atoms. The Hall–Kier alpha value is -1.66. The van der Waals surface area contributed by atoms with E-state index in [2.05, 4.69) is 14.9 Å². The summed E-state index contributed by atoms with van der Waals surface area (Å²) in [6.45, 7) is 2.52. The lowest BCUT2D eigenvalue weighted by Gasteiger charge is -2.35. The Balaban J connectivity index is 1.57. The minimum absolute atomic E-state index is 0.104. The first-order valence-corrected chi connectivity index (χ1v) is 8.98. The van der Waals surface area contributed by atoms with Crippen molar-refractivity contribution in [1.82, 2.24) is 14.9 Å². The minimum atomic E-state index is 0.104. The SMILES string of the molecule is O=C(c1ccc(Cl)s1)N1CC2CCC1CN(c1ncccn1)C2. The molecule has 0 radical (unpaired) electrons. The van der Waals surface area contributed by atoms with Crippen LogP contribution in [-0.4, -0.2) is 46.5 Å². The van der Waals surface area contributed by atoms with Gasteiger partial charge in [-0.15, -0.1) is 11.3 Å². The maximum absolute atomic E-state index is 12.8.